The quantitative estimate of drug-likeness (QED) is 0.361. The van der Waals surface area contributed by atoms with Crippen molar-refractivity contribution in [1.29, 1.82) is 0 Å². The van der Waals surface area contributed by atoms with Crippen LogP contribution in [0, 0.1) is 11.8 Å². The van der Waals surface area contributed by atoms with E-state index in [0.717, 1.165) is 25.6 Å². The fraction of sp³-hybridized carbons (Fsp3) is 0.700. The molecule has 2 heterocycles. The molecule has 1 aliphatic heterocycles. The predicted octanol–water partition coefficient (Wildman–Crippen LogP) is 2.46. The zero-order valence-corrected chi connectivity index (χ0v) is 17.9. The van der Waals surface area contributed by atoms with E-state index in [-0.39, 0.29) is 11.8 Å². The molecule has 1 aliphatic rings. The number of nitrogens with one attached hydrogen (secondary N) is 3. The van der Waals surface area contributed by atoms with Crippen molar-refractivity contribution in [1.82, 2.24) is 20.9 Å². The lowest BCUT2D eigenvalue weighted by molar-refractivity contribution is -0.123. The van der Waals surface area contributed by atoms with Gasteiger partial charge in [0.15, 0.2) is 5.96 Å². The Balaban J connectivity index is 1.91. The molecule has 7 heteroatoms. The Kier molecular flexibility index (Phi) is 9.07. The molecule has 1 amide bonds. The highest BCUT2D eigenvalue weighted by Gasteiger charge is 2.31. The van der Waals surface area contributed by atoms with E-state index in [2.05, 4.69) is 52.3 Å². The topological polar surface area (TPSA) is 68.8 Å². The summed E-state index contributed by atoms with van der Waals surface area (Å²) in [7, 11) is 2.22. The minimum absolute atomic E-state index is 0.0179. The zero-order chi connectivity index (χ0) is 19.6. The van der Waals surface area contributed by atoms with E-state index in [1.54, 1.807) is 0 Å². The first-order valence-corrected chi connectivity index (χ1v) is 10.9. The van der Waals surface area contributed by atoms with Gasteiger partial charge >= 0.3 is 0 Å². The van der Waals surface area contributed by atoms with Crippen LogP contribution in [0.2, 0.25) is 0 Å². The lowest BCUT2D eigenvalue weighted by Gasteiger charge is -2.38. The standard InChI is InChI=1S/C20H35N5OS/c1-5-21-20(23-11-10-22-19(26)15(2)3)24-14-16-8-6-12-25(4)18(16)17-9-7-13-27-17/h7,9,13,15-16,18H,5-6,8,10-12,14H2,1-4H3,(H,22,26)(H2,21,23,24). The van der Waals surface area contributed by atoms with Gasteiger partial charge in [-0.15, -0.1) is 11.3 Å². The summed E-state index contributed by atoms with van der Waals surface area (Å²) in [6.07, 6.45) is 2.43. The summed E-state index contributed by atoms with van der Waals surface area (Å²) >= 11 is 1.84. The molecule has 2 rings (SSSR count). The molecule has 2 atom stereocenters. The van der Waals surface area contributed by atoms with Crippen molar-refractivity contribution in [2.45, 2.75) is 39.7 Å². The summed E-state index contributed by atoms with van der Waals surface area (Å²) in [4.78, 5) is 20.4. The van der Waals surface area contributed by atoms with Crippen molar-refractivity contribution < 1.29 is 4.79 Å². The van der Waals surface area contributed by atoms with Crippen LogP contribution in [0.25, 0.3) is 0 Å². The molecule has 0 bridgehead atoms. The maximum atomic E-state index is 11.6. The number of amides is 1. The van der Waals surface area contributed by atoms with Crippen molar-refractivity contribution in [2.24, 2.45) is 16.8 Å². The average molecular weight is 394 g/mol. The number of carbonyl (C=O) groups is 1. The average Bonchev–Trinajstić information content (AvgIpc) is 3.16. The van der Waals surface area contributed by atoms with E-state index in [9.17, 15) is 4.79 Å². The predicted molar refractivity (Wildman–Crippen MR) is 114 cm³/mol. The largest absolute Gasteiger partial charge is 0.357 e. The van der Waals surface area contributed by atoms with Gasteiger partial charge in [0, 0.05) is 43.0 Å². The van der Waals surface area contributed by atoms with Crippen molar-refractivity contribution in [2.75, 3.05) is 39.8 Å². The third-order valence-electron chi connectivity index (χ3n) is 4.91. The Morgan fingerprint density at radius 2 is 2.11 bits per heavy atom. The minimum atomic E-state index is 0.0179. The van der Waals surface area contributed by atoms with Crippen LogP contribution < -0.4 is 16.0 Å². The second kappa shape index (κ2) is 11.3. The van der Waals surface area contributed by atoms with Gasteiger partial charge in [-0.1, -0.05) is 19.9 Å². The van der Waals surface area contributed by atoms with Gasteiger partial charge in [0.2, 0.25) is 5.91 Å². The van der Waals surface area contributed by atoms with Gasteiger partial charge in [-0.25, -0.2) is 0 Å². The van der Waals surface area contributed by atoms with E-state index < -0.39 is 0 Å². The SMILES string of the molecule is CCNC(=NCC1CCCN(C)C1c1cccs1)NCCNC(=O)C(C)C. The summed E-state index contributed by atoms with van der Waals surface area (Å²) in [5.74, 6) is 1.46. The maximum absolute atomic E-state index is 11.6. The molecule has 6 nitrogen and oxygen atoms in total. The monoisotopic (exact) mass is 393 g/mol. The van der Waals surface area contributed by atoms with Crippen LogP contribution in [0.15, 0.2) is 22.5 Å². The molecule has 0 aliphatic carbocycles. The molecule has 27 heavy (non-hydrogen) atoms. The Bertz CT molecular complexity index is 587. The summed E-state index contributed by atoms with van der Waals surface area (Å²) < 4.78 is 0. The van der Waals surface area contributed by atoms with E-state index in [0.29, 0.717) is 25.0 Å². The number of guanidine groups is 1. The summed E-state index contributed by atoms with van der Waals surface area (Å²) in [6, 6.07) is 4.84. The molecule has 0 aromatic carbocycles. The normalized spacial score (nSPS) is 21.3. The van der Waals surface area contributed by atoms with Crippen LogP contribution >= 0.6 is 11.3 Å². The fourth-order valence-corrected chi connectivity index (χ4v) is 4.46. The van der Waals surface area contributed by atoms with Gasteiger partial charge in [-0.3, -0.25) is 14.7 Å². The molecule has 0 saturated carbocycles. The molecule has 1 fully saturated rings. The second-order valence-corrected chi connectivity index (χ2v) is 8.41. The van der Waals surface area contributed by atoms with Gasteiger partial charge in [0.1, 0.15) is 0 Å². The molecular formula is C20H35N5OS. The highest BCUT2D eigenvalue weighted by molar-refractivity contribution is 7.10. The molecule has 0 spiro atoms. The van der Waals surface area contributed by atoms with Crippen molar-refractivity contribution >= 4 is 23.2 Å². The molecule has 0 radical (unpaired) electrons. The third kappa shape index (κ3) is 6.81. The number of aliphatic imine (C=N–C) groups is 1. The van der Waals surface area contributed by atoms with Gasteiger partial charge in [-0.2, -0.15) is 0 Å². The smallest absolute Gasteiger partial charge is 0.222 e. The molecule has 1 saturated heterocycles. The summed E-state index contributed by atoms with van der Waals surface area (Å²) in [6.45, 7) is 9.93. The Morgan fingerprint density at radius 3 is 2.78 bits per heavy atom. The van der Waals surface area contributed by atoms with Crippen LogP contribution in [0.3, 0.4) is 0 Å². The van der Waals surface area contributed by atoms with Crippen LogP contribution in [0.5, 0.6) is 0 Å². The Labute approximate surface area is 167 Å². The summed E-state index contributed by atoms with van der Waals surface area (Å²) in [5, 5.41) is 11.7. The maximum Gasteiger partial charge on any atom is 0.222 e. The van der Waals surface area contributed by atoms with E-state index >= 15 is 0 Å². The number of carbonyl (C=O) groups excluding carboxylic acids is 1. The van der Waals surface area contributed by atoms with Crippen LogP contribution in [-0.2, 0) is 4.79 Å². The van der Waals surface area contributed by atoms with E-state index in [4.69, 9.17) is 4.99 Å². The number of piperidine rings is 1. The molecule has 3 N–H and O–H groups in total. The number of thiophene rings is 1. The van der Waals surface area contributed by atoms with Gasteiger partial charge in [0.05, 0.1) is 0 Å². The van der Waals surface area contributed by atoms with Crippen LogP contribution in [0.1, 0.15) is 44.5 Å². The van der Waals surface area contributed by atoms with Crippen molar-refractivity contribution in [3.8, 4) is 0 Å². The lowest BCUT2D eigenvalue weighted by Crippen LogP contribution is -2.43. The fourth-order valence-electron chi connectivity index (χ4n) is 3.48. The Hall–Kier alpha value is -1.60. The number of hydrogen-bond acceptors (Lipinski definition) is 4. The van der Waals surface area contributed by atoms with Gasteiger partial charge in [-0.05, 0) is 50.7 Å². The molecule has 1 aromatic heterocycles. The number of likely N-dealkylation sites (tertiary alicyclic amines) is 1. The first kappa shape index (κ1) is 21.7. The van der Waals surface area contributed by atoms with E-state index in [1.807, 2.05) is 25.2 Å². The zero-order valence-electron chi connectivity index (χ0n) is 17.1. The highest BCUT2D eigenvalue weighted by Crippen LogP contribution is 2.37. The minimum Gasteiger partial charge on any atom is -0.357 e. The molecular weight excluding hydrogens is 358 g/mol. The van der Waals surface area contributed by atoms with Crippen molar-refractivity contribution in [3.63, 3.8) is 0 Å². The number of rotatable bonds is 8. The van der Waals surface area contributed by atoms with Crippen LogP contribution in [-0.4, -0.2) is 56.5 Å². The number of hydrogen-bond donors (Lipinski definition) is 3. The molecule has 2 unspecified atom stereocenters. The first-order valence-electron chi connectivity index (χ1n) is 10.1. The highest BCUT2D eigenvalue weighted by atomic mass is 32.1. The Morgan fingerprint density at radius 1 is 1.33 bits per heavy atom. The van der Waals surface area contributed by atoms with E-state index in [1.165, 1.54) is 17.7 Å². The second-order valence-electron chi connectivity index (χ2n) is 7.44. The van der Waals surface area contributed by atoms with Gasteiger partial charge in [0.25, 0.3) is 0 Å². The number of nitrogens with zero attached hydrogens (tertiary/aromatic N) is 2. The lowest BCUT2D eigenvalue weighted by atomic mass is 9.88. The van der Waals surface area contributed by atoms with Crippen LogP contribution in [0.4, 0.5) is 0 Å². The summed E-state index contributed by atoms with van der Waals surface area (Å²) in [5.41, 5.74) is 0. The molecule has 152 valence electrons. The van der Waals surface area contributed by atoms with Crippen molar-refractivity contribution in [3.05, 3.63) is 22.4 Å². The molecule has 1 aromatic rings. The van der Waals surface area contributed by atoms with Gasteiger partial charge < -0.3 is 16.0 Å². The third-order valence-corrected chi connectivity index (χ3v) is 5.85. The first-order chi connectivity index (χ1) is 13.0.